The molecular weight excluding hydrogens is 278 g/mol. The van der Waals surface area contributed by atoms with Crippen molar-refractivity contribution in [2.45, 2.75) is 6.92 Å². The third kappa shape index (κ3) is 1.74. The van der Waals surface area contributed by atoms with Crippen LogP contribution in [0, 0.1) is 6.92 Å². The first-order valence-electron chi connectivity index (χ1n) is 5.30. The van der Waals surface area contributed by atoms with Crippen molar-refractivity contribution in [3.63, 3.8) is 0 Å². The van der Waals surface area contributed by atoms with E-state index in [-0.39, 0.29) is 0 Å². The Kier molecular flexibility index (Phi) is 2.44. The smallest absolute Gasteiger partial charge is 0.0926 e. The summed E-state index contributed by atoms with van der Waals surface area (Å²) in [7, 11) is 0. The average molecular weight is 288 g/mol. The van der Waals surface area contributed by atoms with Crippen LogP contribution in [0.2, 0.25) is 0 Å². The van der Waals surface area contributed by atoms with Crippen LogP contribution in [0.5, 0.6) is 0 Å². The molecule has 3 nitrogen and oxygen atoms in total. The molecule has 0 fully saturated rings. The fourth-order valence-electron chi connectivity index (χ4n) is 1.86. The fourth-order valence-corrected chi connectivity index (χ4v) is 2.13. The van der Waals surface area contributed by atoms with Gasteiger partial charge in [0.25, 0.3) is 0 Å². The largest absolute Gasteiger partial charge is 0.262 e. The Labute approximate surface area is 107 Å². The molecule has 17 heavy (non-hydrogen) atoms. The van der Waals surface area contributed by atoms with E-state index in [0.29, 0.717) is 0 Å². The predicted molar refractivity (Wildman–Crippen MR) is 71.3 cm³/mol. The number of hydrogen-bond donors (Lipinski definition) is 0. The Balaban J connectivity index is 2.24. The van der Waals surface area contributed by atoms with Gasteiger partial charge in [-0.15, -0.1) is 0 Å². The molecule has 0 aliphatic rings. The Morgan fingerprint density at radius 3 is 2.59 bits per heavy atom. The van der Waals surface area contributed by atoms with Crippen LogP contribution in [0.15, 0.2) is 47.3 Å². The van der Waals surface area contributed by atoms with Gasteiger partial charge in [0, 0.05) is 16.1 Å². The van der Waals surface area contributed by atoms with Crippen molar-refractivity contribution < 1.29 is 0 Å². The van der Waals surface area contributed by atoms with E-state index in [4.69, 9.17) is 0 Å². The van der Waals surface area contributed by atoms with E-state index < -0.39 is 0 Å². The highest BCUT2D eigenvalue weighted by Crippen LogP contribution is 2.21. The lowest BCUT2D eigenvalue weighted by Crippen LogP contribution is -1.95. The van der Waals surface area contributed by atoms with Crippen LogP contribution in [0.3, 0.4) is 0 Å². The van der Waals surface area contributed by atoms with Crippen molar-refractivity contribution in [2.24, 2.45) is 0 Å². The molecule has 4 heteroatoms. The highest BCUT2D eigenvalue weighted by Gasteiger charge is 2.06. The number of nitrogens with zero attached hydrogens (tertiary/aromatic N) is 3. The molecule has 0 N–H and O–H groups in total. The van der Waals surface area contributed by atoms with Crippen LogP contribution in [-0.2, 0) is 0 Å². The average Bonchev–Trinajstić information content (AvgIpc) is 2.75. The number of benzene rings is 1. The van der Waals surface area contributed by atoms with E-state index in [9.17, 15) is 0 Å². The molecule has 3 rings (SSSR count). The number of aryl methyl sites for hydroxylation is 1. The molecule has 0 saturated carbocycles. The van der Waals surface area contributed by atoms with Crippen molar-refractivity contribution >= 4 is 26.8 Å². The van der Waals surface area contributed by atoms with Crippen LogP contribution in [-0.4, -0.2) is 14.8 Å². The molecular formula is C13H10BrN3. The molecule has 0 spiro atoms. The first-order valence-corrected chi connectivity index (χ1v) is 6.09. The van der Waals surface area contributed by atoms with Gasteiger partial charge in [0.05, 0.1) is 23.6 Å². The van der Waals surface area contributed by atoms with E-state index in [1.807, 2.05) is 54.5 Å². The SMILES string of the molecule is Cc1cncc2c1cnn2-c1ccc(Br)cc1. The summed E-state index contributed by atoms with van der Waals surface area (Å²) in [6.07, 6.45) is 5.59. The third-order valence-electron chi connectivity index (χ3n) is 2.77. The molecule has 2 aromatic heterocycles. The first-order chi connectivity index (χ1) is 8.25. The van der Waals surface area contributed by atoms with Crippen molar-refractivity contribution in [3.05, 3.63) is 52.9 Å². The predicted octanol–water partition coefficient (Wildman–Crippen LogP) is 3.49. The summed E-state index contributed by atoms with van der Waals surface area (Å²) in [5, 5.41) is 5.56. The lowest BCUT2D eigenvalue weighted by molar-refractivity contribution is 0.908. The van der Waals surface area contributed by atoms with Crippen molar-refractivity contribution in [2.75, 3.05) is 0 Å². The molecule has 0 unspecified atom stereocenters. The second kappa shape index (κ2) is 3.96. The monoisotopic (exact) mass is 287 g/mol. The topological polar surface area (TPSA) is 30.7 Å². The van der Waals surface area contributed by atoms with Gasteiger partial charge in [0.15, 0.2) is 0 Å². The van der Waals surface area contributed by atoms with E-state index in [1.54, 1.807) is 0 Å². The number of aromatic nitrogens is 3. The van der Waals surface area contributed by atoms with Crippen molar-refractivity contribution in [1.82, 2.24) is 14.8 Å². The maximum Gasteiger partial charge on any atom is 0.0926 e. The summed E-state index contributed by atoms with van der Waals surface area (Å²) >= 11 is 3.43. The van der Waals surface area contributed by atoms with Gasteiger partial charge in [0.1, 0.15) is 0 Å². The summed E-state index contributed by atoms with van der Waals surface area (Å²) in [6.45, 7) is 2.04. The Bertz CT molecular complexity index is 671. The number of pyridine rings is 1. The normalized spacial score (nSPS) is 10.9. The minimum Gasteiger partial charge on any atom is -0.262 e. The standard InChI is InChI=1S/C13H10BrN3/c1-9-6-15-8-13-12(9)7-16-17(13)11-4-2-10(14)3-5-11/h2-8H,1H3. The Hall–Kier alpha value is -1.68. The number of fused-ring (bicyclic) bond motifs is 1. The minimum atomic E-state index is 1.03. The maximum atomic E-state index is 4.42. The van der Waals surface area contributed by atoms with Gasteiger partial charge < -0.3 is 0 Å². The lowest BCUT2D eigenvalue weighted by Gasteiger charge is -2.03. The molecule has 0 radical (unpaired) electrons. The van der Waals surface area contributed by atoms with Gasteiger partial charge in [-0.2, -0.15) is 5.10 Å². The van der Waals surface area contributed by atoms with Gasteiger partial charge in [0.2, 0.25) is 0 Å². The molecule has 0 bridgehead atoms. The lowest BCUT2D eigenvalue weighted by atomic mass is 10.2. The zero-order chi connectivity index (χ0) is 11.8. The van der Waals surface area contributed by atoms with Gasteiger partial charge in [-0.3, -0.25) is 4.98 Å². The second-order valence-corrected chi connectivity index (χ2v) is 4.84. The van der Waals surface area contributed by atoms with Crippen LogP contribution in [0.25, 0.3) is 16.6 Å². The van der Waals surface area contributed by atoms with Crippen LogP contribution in [0.1, 0.15) is 5.56 Å². The van der Waals surface area contributed by atoms with E-state index in [0.717, 1.165) is 26.6 Å². The molecule has 2 heterocycles. The summed E-state index contributed by atoms with van der Waals surface area (Å²) in [4.78, 5) is 4.22. The molecule has 0 atom stereocenters. The number of hydrogen-bond acceptors (Lipinski definition) is 2. The highest BCUT2D eigenvalue weighted by atomic mass is 79.9. The van der Waals surface area contributed by atoms with Gasteiger partial charge >= 0.3 is 0 Å². The minimum absolute atomic E-state index is 1.03. The molecule has 0 aliphatic carbocycles. The maximum absolute atomic E-state index is 4.42. The molecule has 0 saturated heterocycles. The molecule has 1 aromatic carbocycles. The summed E-state index contributed by atoms with van der Waals surface area (Å²) < 4.78 is 2.97. The van der Waals surface area contributed by atoms with E-state index in [2.05, 4.69) is 26.0 Å². The first kappa shape index (κ1) is 10.5. The summed E-state index contributed by atoms with van der Waals surface area (Å²) in [5.74, 6) is 0. The van der Waals surface area contributed by atoms with Crippen LogP contribution >= 0.6 is 15.9 Å². The fraction of sp³-hybridized carbons (Fsp3) is 0.0769. The molecule has 3 aromatic rings. The van der Waals surface area contributed by atoms with Crippen molar-refractivity contribution in [1.29, 1.82) is 0 Å². The van der Waals surface area contributed by atoms with Gasteiger partial charge in [-0.25, -0.2) is 4.68 Å². The van der Waals surface area contributed by atoms with Crippen LogP contribution in [0.4, 0.5) is 0 Å². The van der Waals surface area contributed by atoms with Crippen molar-refractivity contribution in [3.8, 4) is 5.69 Å². The Morgan fingerprint density at radius 2 is 1.82 bits per heavy atom. The van der Waals surface area contributed by atoms with Gasteiger partial charge in [-0.05, 0) is 36.8 Å². The molecule has 0 amide bonds. The van der Waals surface area contributed by atoms with Crippen LogP contribution < -0.4 is 0 Å². The zero-order valence-corrected chi connectivity index (χ0v) is 10.8. The van der Waals surface area contributed by atoms with E-state index in [1.165, 1.54) is 0 Å². The quantitative estimate of drug-likeness (QED) is 0.686. The molecule has 84 valence electrons. The molecule has 0 aliphatic heterocycles. The second-order valence-electron chi connectivity index (χ2n) is 3.92. The number of halogens is 1. The number of rotatable bonds is 1. The summed E-state index contributed by atoms with van der Waals surface area (Å²) in [6, 6.07) is 8.07. The highest BCUT2D eigenvalue weighted by molar-refractivity contribution is 9.10. The summed E-state index contributed by atoms with van der Waals surface area (Å²) in [5.41, 5.74) is 3.22. The third-order valence-corrected chi connectivity index (χ3v) is 3.30. The Morgan fingerprint density at radius 1 is 1.06 bits per heavy atom. The zero-order valence-electron chi connectivity index (χ0n) is 9.26. The van der Waals surface area contributed by atoms with Gasteiger partial charge in [-0.1, -0.05) is 15.9 Å². The van der Waals surface area contributed by atoms with E-state index >= 15 is 0 Å².